The van der Waals surface area contributed by atoms with Gasteiger partial charge >= 0.3 is 0 Å². The monoisotopic (exact) mass is 377 g/mol. The van der Waals surface area contributed by atoms with E-state index >= 15 is 0 Å². The van der Waals surface area contributed by atoms with Gasteiger partial charge in [0.15, 0.2) is 16.4 Å². The summed E-state index contributed by atoms with van der Waals surface area (Å²) in [6, 6.07) is 1.92. The van der Waals surface area contributed by atoms with Crippen LogP contribution in [0.15, 0.2) is 29.3 Å². The molecule has 0 amide bonds. The van der Waals surface area contributed by atoms with Crippen LogP contribution in [0.5, 0.6) is 0 Å². The highest BCUT2D eigenvalue weighted by molar-refractivity contribution is 7.18. The van der Waals surface area contributed by atoms with Crippen LogP contribution in [0.4, 0.5) is 13.9 Å². The van der Waals surface area contributed by atoms with E-state index in [1.807, 2.05) is 0 Å². The predicted molar refractivity (Wildman–Crippen MR) is 102 cm³/mol. The van der Waals surface area contributed by atoms with Gasteiger partial charge in [-0.05, 0) is 12.5 Å². The van der Waals surface area contributed by atoms with Crippen molar-refractivity contribution in [3.8, 4) is 10.4 Å². The maximum Gasteiger partial charge on any atom is 0.198 e. The average molecular weight is 377 g/mol. The number of aromatic nitrogens is 2. The van der Waals surface area contributed by atoms with Crippen LogP contribution in [0.2, 0.25) is 0 Å². The lowest BCUT2D eigenvalue weighted by Gasteiger charge is -2.14. The topological polar surface area (TPSA) is 60.9 Å². The lowest BCUT2D eigenvalue weighted by atomic mass is 10.1. The summed E-state index contributed by atoms with van der Waals surface area (Å²) in [4.78, 5) is 17.4. The van der Waals surface area contributed by atoms with Gasteiger partial charge in [0.2, 0.25) is 0 Å². The van der Waals surface area contributed by atoms with Crippen molar-refractivity contribution < 1.29 is 8.78 Å². The number of benzene rings is 1. The summed E-state index contributed by atoms with van der Waals surface area (Å²) in [5.74, 6) is -1.48. The zero-order chi connectivity index (χ0) is 18.7. The quantitative estimate of drug-likeness (QED) is 0.592. The molecule has 0 saturated carbocycles. The van der Waals surface area contributed by atoms with E-state index in [0.717, 1.165) is 44.2 Å². The number of nitrogens with two attached hydrogens (primary N) is 1. The van der Waals surface area contributed by atoms with E-state index in [9.17, 15) is 13.6 Å². The summed E-state index contributed by atoms with van der Waals surface area (Å²) in [6.45, 7) is 2.70. The van der Waals surface area contributed by atoms with Gasteiger partial charge < -0.3 is 10.3 Å². The van der Waals surface area contributed by atoms with E-state index in [-0.39, 0.29) is 10.9 Å². The number of aryl methyl sites for hydroxylation is 1. The molecule has 4 nitrogen and oxygen atoms in total. The molecule has 0 radical (unpaired) electrons. The molecular weight excluding hydrogens is 356 g/mol. The fourth-order valence-electron chi connectivity index (χ4n) is 3.10. The van der Waals surface area contributed by atoms with E-state index in [4.69, 9.17) is 5.73 Å². The molecule has 3 aromatic rings. The molecule has 138 valence electrons. The number of thiazole rings is 1. The number of pyridine rings is 1. The highest BCUT2D eigenvalue weighted by Gasteiger charge is 2.17. The second-order valence-electron chi connectivity index (χ2n) is 6.33. The molecule has 2 heterocycles. The van der Waals surface area contributed by atoms with Crippen molar-refractivity contribution in [3.05, 3.63) is 46.4 Å². The molecule has 0 atom stereocenters. The maximum absolute atomic E-state index is 14.4. The molecule has 0 aliphatic carbocycles. The number of unbranched alkanes of at least 4 members (excludes halogenated alkanes) is 4. The Bertz CT molecular complexity index is 981. The molecule has 26 heavy (non-hydrogen) atoms. The van der Waals surface area contributed by atoms with Crippen LogP contribution in [-0.4, -0.2) is 9.55 Å². The third-order valence-corrected chi connectivity index (χ3v) is 5.24. The largest absolute Gasteiger partial charge is 0.375 e. The Labute approximate surface area is 154 Å². The Morgan fingerprint density at radius 1 is 1.19 bits per heavy atom. The smallest absolute Gasteiger partial charge is 0.198 e. The summed E-state index contributed by atoms with van der Waals surface area (Å²) in [5.41, 5.74) is 5.77. The second-order valence-corrected chi connectivity index (χ2v) is 7.39. The van der Waals surface area contributed by atoms with E-state index in [1.54, 1.807) is 10.8 Å². The van der Waals surface area contributed by atoms with Crippen LogP contribution in [0.25, 0.3) is 21.3 Å². The van der Waals surface area contributed by atoms with Gasteiger partial charge in [-0.15, -0.1) is 0 Å². The van der Waals surface area contributed by atoms with Crippen molar-refractivity contribution >= 4 is 27.4 Å². The van der Waals surface area contributed by atoms with Crippen LogP contribution in [0.3, 0.4) is 0 Å². The van der Waals surface area contributed by atoms with Gasteiger partial charge in [-0.3, -0.25) is 4.79 Å². The van der Waals surface area contributed by atoms with Crippen molar-refractivity contribution in [2.75, 3.05) is 5.73 Å². The van der Waals surface area contributed by atoms with Crippen LogP contribution in [0.1, 0.15) is 39.0 Å². The third kappa shape index (κ3) is 3.77. The Kier molecular flexibility index (Phi) is 5.66. The molecule has 0 saturated heterocycles. The van der Waals surface area contributed by atoms with Crippen molar-refractivity contribution in [1.29, 1.82) is 0 Å². The summed E-state index contributed by atoms with van der Waals surface area (Å²) in [7, 11) is 0. The van der Waals surface area contributed by atoms with Crippen molar-refractivity contribution in [2.24, 2.45) is 0 Å². The van der Waals surface area contributed by atoms with E-state index < -0.39 is 17.1 Å². The molecule has 0 spiro atoms. The van der Waals surface area contributed by atoms with Crippen molar-refractivity contribution in [3.63, 3.8) is 0 Å². The normalized spacial score (nSPS) is 11.3. The highest BCUT2D eigenvalue weighted by atomic mass is 32.1. The van der Waals surface area contributed by atoms with Gasteiger partial charge in [-0.25, -0.2) is 13.8 Å². The molecule has 0 fully saturated rings. The van der Waals surface area contributed by atoms with Gasteiger partial charge in [0.05, 0.1) is 21.3 Å². The predicted octanol–water partition coefficient (Wildman–Crippen LogP) is 4.96. The molecule has 0 aliphatic rings. The van der Waals surface area contributed by atoms with Crippen molar-refractivity contribution in [1.82, 2.24) is 9.55 Å². The van der Waals surface area contributed by atoms with E-state index in [2.05, 4.69) is 11.9 Å². The van der Waals surface area contributed by atoms with Gasteiger partial charge in [-0.1, -0.05) is 43.9 Å². The first-order valence-corrected chi connectivity index (χ1v) is 9.56. The minimum Gasteiger partial charge on any atom is -0.375 e. The number of nitrogens with zero attached hydrogens (tertiary/aromatic N) is 2. The number of hydrogen-bond donors (Lipinski definition) is 1. The van der Waals surface area contributed by atoms with E-state index in [0.29, 0.717) is 22.1 Å². The first-order chi connectivity index (χ1) is 12.5. The van der Waals surface area contributed by atoms with Gasteiger partial charge in [-0.2, -0.15) is 0 Å². The van der Waals surface area contributed by atoms with Gasteiger partial charge in [0.25, 0.3) is 0 Å². The van der Waals surface area contributed by atoms with Crippen molar-refractivity contribution in [2.45, 2.75) is 45.6 Å². The number of rotatable bonds is 7. The van der Waals surface area contributed by atoms with Crippen LogP contribution >= 0.6 is 11.3 Å². The zero-order valence-electron chi connectivity index (χ0n) is 14.6. The van der Waals surface area contributed by atoms with Crippen LogP contribution < -0.4 is 11.2 Å². The molecule has 3 rings (SSSR count). The molecule has 7 heteroatoms. The number of nitrogen functional groups attached to an aromatic ring is 1. The average Bonchev–Trinajstić information content (AvgIpc) is 3.02. The Morgan fingerprint density at radius 2 is 1.96 bits per heavy atom. The van der Waals surface area contributed by atoms with Crippen LogP contribution in [-0.2, 0) is 6.54 Å². The molecular formula is C19H21F2N3OS. The number of fused-ring (bicyclic) bond motifs is 1. The number of hydrogen-bond acceptors (Lipinski definition) is 4. The summed E-state index contributed by atoms with van der Waals surface area (Å²) < 4.78 is 29.9. The Hall–Kier alpha value is -2.28. The second kappa shape index (κ2) is 7.95. The Balaban J connectivity index is 2.08. The lowest BCUT2D eigenvalue weighted by Crippen LogP contribution is -2.13. The molecule has 2 N–H and O–H groups in total. The molecule has 2 aromatic heterocycles. The highest BCUT2D eigenvalue weighted by Crippen LogP contribution is 2.28. The third-order valence-electron chi connectivity index (χ3n) is 4.38. The number of anilines is 1. The summed E-state index contributed by atoms with van der Waals surface area (Å²) in [6.07, 6.45) is 8.46. The van der Waals surface area contributed by atoms with Gasteiger partial charge in [0, 0.05) is 25.0 Å². The SMILES string of the molecule is CCCCCCCn1cc(-c2cnc(N)s2)c(=O)c2cc(F)cc(F)c21. The first kappa shape index (κ1) is 18.5. The summed E-state index contributed by atoms with van der Waals surface area (Å²) >= 11 is 1.18. The minimum absolute atomic E-state index is 0.0422. The first-order valence-electron chi connectivity index (χ1n) is 8.75. The van der Waals surface area contributed by atoms with Gasteiger partial charge in [0.1, 0.15) is 5.82 Å². The summed E-state index contributed by atoms with van der Waals surface area (Å²) in [5, 5.41) is 0.386. The fourth-order valence-corrected chi connectivity index (χ4v) is 3.80. The fraction of sp³-hybridized carbons (Fsp3) is 0.368. The molecule has 0 aliphatic heterocycles. The van der Waals surface area contributed by atoms with Crippen LogP contribution in [0, 0.1) is 11.6 Å². The molecule has 1 aromatic carbocycles. The molecule has 0 bridgehead atoms. The lowest BCUT2D eigenvalue weighted by molar-refractivity contribution is 0.558. The minimum atomic E-state index is -0.762. The molecule has 0 unspecified atom stereocenters. The zero-order valence-corrected chi connectivity index (χ0v) is 15.4. The maximum atomic E-state index is 14.4. The Morgan fingerprint density at radius 3 is 2.65 bits per heavy atom. The standard InChI is InChI=1S/C19H21F2N3OS/c1-2-3-4-5-6-7-24-11-14(16-10-23-19(22)26-16)18(25)13-8-12(20)9-15(21)17(13)24/h8-11H,2-7H2,1H3,(H2,22,23). The number of halogens is 2. The van der Waals surface area contributed by atoms with E-state index in [1.165, 1.54) is 17.5 Å².